The van der Waals surface area contributed by atoms with E-state index < -0.39 is 0 Å². The van der Waals surface area contributed by atoms with Gasteiger partial charge in [0.2, 0.25) is 0 Å². The van der Waals surface area contributed by atoms with Crippen molar-refractivity contribution in [1.82, 2.24) is 4.90 Å². The van der Waals surface area contributed by atoms with E-state index in [1.807, 2.05) is 13.0 Å². The van der Waals surface area contributed by atoms with Crippen LogP contribution in [0.2, 0.25) is 0 Å². The number of carbonyl (C=O) groups excluding carboxylic acids is 1. The maximum Gasteiger partial charge on any atom is 0.348 e. The van der Waals surface area contributed by atoms with Gasteiger partial charge in [0.15, 0.2) is 0 Å². The number of hydrogen-bond acceptors (Lipinski definition) is 5. The minimum atomic E-state index is -0.222. The zero-order valence-electron chi connectivity index (χ0n) is 17.2. The van der Waals surface area contributed by atoms with Crippen molar-refractivity contribution in [2.45, 2.75) is 20.3 Å². The van der Waals surface area contributed by atoms with Crippen LogP contribution in [0.25, 0.3) is 10.1 Å². The van der Waals surface area contributed by atoms with E-state index in [0.29, 0.717) is 11.5 Å². The molecule has 3 aromatic rings. The second-order valence-corrected chi connectivity index (χ2v) is 8.67. The van der Waals surface area contributed by atoms with Crippen molar-refractivity contribution in [3.05, 3.63) is 64.5 Å². The molecule has 0 radical (unpaired) electrons. The quantitative estimate of drug-likeness (QED) is 0.551. The van der Waals surface area contributed by atoms with Gasteiger partial charge in [0.25, 0.3) is 0 Å². The second-order valence-electron chi connectivity index (χ2n) is 7.58. The van der Waals surface area contributed by atoms with Gasteiger partial charge in [0, 0.05) is 48.5 Å². The zero-order valence-corrected chi connectivity index (χ0v) is 18.0. The average molecular weight is 409 g/mol. The van der Waals surface area contributed by atoms with Crippen molar-refractivity contribution in [3.8, 4) is 0 Å². The predicted octanol–water partition coefficient (Wildman–Crippen LogP) is 4.75. The highest BCUT2D eigenvalue weighted by atomic mass is 32.1. The maximum atomic E-state index is 12.1. The molecule has 1 aromatic heterocycles. The van der Waals surface area contributed by atoms with Gasteiger partial charge < -0.3 is 9.64 Å². The summed E-state index contributed by atoms with van der Waals surface area (Å²) in [7, 11) is 0. The summed E-state index contributed by atoms with van der Waals surface area (Å²) in [5.74, 6) is -0.222. The molecule has 0 atom stereocenters. The molecule has 1 aliphatic heterocycles. The fourth-order valence-electron chi connectivity index (χ4n) is 3.88. The Morgan fingerprint density at radius 1 is 1.07 bits per heavy atom. The van der Waals surface area contributed by atoms with Gasteiger partial charge in [0.05, 0.1) is 6.61 Å². The predicted molar refractivity (Wildman–Crippen MR) is 121 cm³/mol. The number of fused-ring (bicyclic) bond motifs is 1. The molecule has 0 saturated carbocycles. The standard InChI is InChI=1S/C24H28N2O2S/c1-3-28-24(27)23-17-20-21(5-4-6-22(20)29-23)26-15-13-25(14-16-26)12-11-19-9-7-18(2)8-10-19/h4-10,17H,3,11-16H2,1-2H3. The summed E-state index contributed by atoms with van der Waals surface area (Å²) in [4.78, 5) is 17.8. The number of rotatable bonds is 6. The van der Waals surface area contributed by atoms with Crippen molar-refractivity contribution in [1.29, 1.82) is 0 Å². The second kappa shape index (κ2) is 8.97. The molecule has 4 nitrogen and oxygen atoms in total. The summed E-state index contributed by atoms with van der Waals surface area (Å²) in [5, 5.41) is 1.16. The zero-order chi connectivity index (χ0) is 20.2. The number of anilines is 1. The van der Waals surface area contributed by atoms with Gasteiger partial charge in [-0.15, -0.1) is 11.3 Å². The Kier molecular flexibility index (Phi) is 6.16. The molecule has 0 N–H and O–H groups in total. The smallest absolute Gasteiger partial charge is 0.348 e. The third-order valence-corrected chi connectivity index (χ3v) is 6.65. The third-order valence-electron chi connectivity index (χ3n) is 5.57. The van der Waals surface area contributed by atoms with Crippen LogP contribution in [0.4, 0.5) is 5.69 Å². The molecule has 1 aliphatic rings. The van der Waals surface area contributed by atoms with Crippen LogP contribution < -0.4 is 4.90 Å². The van der Waals surface area contributed by atoms with Crippen LogP contribution >= 0.6 is 11.3 Å². The topological polar surface area (TPSA) is 32.8 Å². The van der Waals surface area contributed by atoms with Gasteiger partial charge in [-0.25, -0.2) is 4.79 Å². The number of hydrogen-bond donors (Lipinski definition) is 0. The van der Waals surface area contributed by atoms with Gasteiger partial charge >= 0.3 is 5.97 Å². The van der Waals surface area contributed by atoms with Crippen LogP contribution in [0.3, 0.4) is 0 Å². The van der Waals surface area contributed by atoms with E-state index in [9.17, 15) is 4.79 Å². The highest BCUT2D eigenvalue weighted by molar-refractivity contribution is 7.20. The van der Waals surface area contributed by atoms with Gasteiger partial charge in [-0.2, -0.15) is 0 Å². The van der Waals surface area contributed by atoms with Gasteiger partial charge in [0.1, 0.15) is 4.88 Å². The fraction of sp³-hybridized carbons (Fsp3) is 0.375. The van der Waals surface area contributed by atoms with E-state index >= 15 is 0 Å². The van der Waals surface area contributed by atoms with Crippen LogP contribution in [-0.4, -0.2) is 50.2 Å². The normalized spacial score (nSPS) is 15.0. The van der Waals surface area contributed by atoms with Crippen LogP contribution in [0.5, 0.6) is 0 Å². The number of piperazine rings is 1. The van der Waals surface area contributed by atoms with Crippen molar-refractivity contribution < 1.29 is 9.53 Å². The Morgan fingerprint density at radius 3 is 2.55 bits per heavy atom. The van der Waals surface area contributed by atoms with E-state index in [2.05, 4.69) is 59.2 Å². The molecule has 0 unspecified atom stereocenters. The largest absolute Gasteiger partial charge is 0.462 e. The molecule has 0 aliphatic carbocycles. The molecular formula is C24H28N2O2S. The van der Waals surface area contributed by atoms with E-state index in [1.165, 1.54) is 28.2 Å². The van der Waals surface area contributed by atoms with Crippen LogP contribution in [0.15, 0.2) is 48.5 Å². The number of ether oxygens (including phenoxy) is 1. The van der Waals surface area contributed by atoms with E-state index in [4.69, 9.17) is 4.74 Å². The SMILES string of the molecule is CCOC(=O)c1cc2c(N3CCN(CCc4ccc(C)cc4)CC3)cccc2s1. The molecule has 1 saturated heterocycles. The van der Waals surface area contributed by atoms with Crippen molar-refractivity contribution >= 4 is 33.1 Å². The lowest BCUT2D eigenvalue weighted by atomic mass is 10.1. The minimum absolute atomic E-state index is 0.222. The number of esters is 1. The number of thiophene rings is 1. The Hall–Kier alpha value is -2.37. The molecule has 5 heteroatoms. The first-order chi connectivity index (χ1) is 14.1. The Labute approximate surface area is 176 Å². The molecule has 4 rings (SSSR count). The third kappa shape index (κ3) is 4.62. The minimum Gasteiger partial charge on any atom is -0.462 e. The van der Waals surface area contributed by atoms with Crippen molar-refractivity contribution in [3.63, 3.8) is 0 Å². The molecule has 0 spiro atoms. The Bertz CT molecular complexity index is 972. The Balaban J connectivity index is 1.39. The number of nitrogens with zero attached hydrogens (tertiary/aromatic N) is 2. The molecule has 2 heterocycles. The molecular weight excluding hydrogens is 380 g/mol. The van der Waals surface area contributed by atoms with Crippen molar-refractivity contribution in [2.24, 2.45) is 0 Å². The lowest BCUT2D eigenvalue weighted by Gasteiger charge is -2.36. The summed E-state index contributed by atoms with van der Waals surface area (Å²) >= 11 is 1.52. The average Bonchev–Trinajstić information content (AvgIpc) is 3.19. The lowest BCUT2D eigenvalue weighted by Crippen LogP contribution is -2.47. The molecule has 29 heavy (non-hydrogen) atoms. The summed E-state index contributed by atoms with van der Waals surface area (Å²) in [6, 6.07) is 17.2. The highest BCUT2D eigenvalue weighted by Gasteiger charge is 2.20. The van der Waals surface area contributed by atoms with E-state index in [0.717, 1.165) is 49.2 Å². The number of aryl methyl sites for hydroxylation is 1. The molecule has 0 bridgehead atoms. The van der Waals surface area contributed by atoms with Gasteiger partial charge in [-0.3, -0.25) is 4.90 Å². The summed E-state index contributed by atoms with van der Waals surface area (Å²) in [5.41, 5.74) is 3.95. The highest BCUT2D eigenvalue weighted by Crippen LogP contribution is 2.34. The molecule has 0 amide bonds. The van der Waals surface area contributed by atoms with Crippen LogP contribution in [0, 0.1) is 6.92 Å². The molecule has 2 aromatic carbocycles. The van der Waals surface area contributed by atoms with Crippen LogP contribution in [0.1, 0.15) is 27.7 Å². The first kappa shape index (κ1) is 19.9. The first-order valence-electron chi connectivity index (χ1n) is 10.4. The van der Waals surface area contributed by atoms with Crippen LogP contribution in [-0.2, 0) is 11.2 Å². The fourth-order valence-corrected chi connectivity index (χ4v) is 4.85. The first-order valence-corrected chi connectivity index (χ1v) is 11.2. The monoisotopic (exact) mass is 408 g/mol. The molecule has 1 fully saturated rings. The Morgan fingerprint density at radius 2 is 1.83 bits per heavy atom. The van der Waals surface area contributed by atoms with Crippen molar-refractivity contribution in [2.75, 3.05) is 44.2 Å². The van der Waals surface area contributed by atoms with Gasteiger partial charge in [-0.1, -0.05) is 35.9 Å². The summed E-state index contributed by atoms with van der Waals surface area (Å²) in [6.45, 7) is 9.64. The number of benzene rings is 2. The summed E-state index contributed by atoms with van der Waals surface area (Å²) < 4.78 is 6.32. The number of carbonyl (C=O) groups is 1. The molecule has 152 valence electrons. The summed E-state index contributed by atoms with van der Waals surface area (Å²) in [6.07, 6.45) is 1.10. The van der Waals surface area contributed by atoms with Gasteiger partial charge in [-0.05, 0) is 44.0 Å². The van der Waals surface area contributed by atoms with E-state index in [1.54, 1.807) is 0 Å². The maximum absolute atomic E-state index is 12.1. The lowest BCUT2D eigenvalue weighted by molar-refractivity contribution is 0.0532. The van der Waals surface area contributed by atoms with E-state index in [-0.39, 0.29) is 5.97 Å².